The van der Waals surface area contributed by atoms with Gasteiger partial charge in [-0.1, -0.05) is 19.9 Å². The van der Waals surface area contributed by atoms with Crippen LogP contribution in [0.3, 0.4) is 0 Å². The molecule has 0 fully saturated rings. The largest absolute Gasteiger partial charge is 0.478 e. The van der Waals surface area contributed by atoms with Crippen LogP contribution in [-0.2, 0) is 14.9 Å². The van der Waals surface area contributed by atoms with Crippen molar-refractivity contribution in [3.05, 3.63) is 29.4 Å². The first-order valence-corrected chi connectivity index (χ1v) is 9.97. The number of aryl methyl sites for hydroxylation is 1. The lowest BCUT2D eigenvalue weighted by Crippen LogP contribution is -2.44. The number of hydroxylamine groups is 1. The molecular weight excluding hydrogens is 380 g/mol. The van der Waals surface area contributed by atoms with Gasteiger partial charge in [0.1, 0.15) is 4.21 Å². The first-order chi connectivity index (χ1) is 12.3. The standard InChI is InChI=1S/C15H20N4O5S2/c1-10(2)9-24-18-15(20)19(26(21,22)12-6-5-7-25-12)13-14(23-4)17-11(3)8-16-13/h5-8,10H,9H2,1-4H3,(H,18,20). The topological polar surface area (TPSA) is 111 Å². The number of urea groups is 1. The first kappa shape index (κ1) is 20.1. The van der Waals surface area contributed by atoms with Crippen LogP contribution in [0.2, 0.25) is 0 Å². The second-order valence-corrected chi connectivity index (χ2v) is 8.62. The maximum Gasteiger partial charge on any atom is 0.361 e. The van der Waals surface area contributed by atoms with Gasteiger partial charge >= 0.3 is 6.03 Å². The van der Waals surface area contributed by atoms with Gasteiger partial charge in [-0.05, 0) is 24.3 Å². The minimum atomic E-state index is -4.23. The van der Waals surface area contributed by atoms with Gasteiger partial charge in [0.15, 0.2) is 0 Å². The zero-order valence-electron chi connectivity index (χ0n) is 14.8. The molecule has 0 saturated carbocycles. The Balaban J connectivity index is 2.48. The Morgan fingerprint density at radius 2 is 2.15 bits per heavy atom. The summed E-state index contributed by atoms with van der Waals surface area (Å²) in [5.74, 6) is -0.201. The minimum Gasteiger partial charge on any atom is -0.478 e. The summed E-state index contributed by atoms with van der Waals surface area (Å²) in [7, 11) is -2.91. The van der Waals surface area contributed by atoms with Crippen LogP contribution in [0.4, 0.5) is 10.6 Å². The highest BCUT2D eigenvalue weighted by molar-refractivity contribution is 7.95. The third kappa shape index (κ3) is 4.48. The minimum absolute atomic E-state index is 0.0269. The Morgan fingerprint density at radius 3 is 2.73 bits per heavy atom. The summed E-state index contributed by atoms with van der Waals surface area (Å²) < 4.78 is 31.5. The SMILES string of the molecule is COc1nc(C)cnc1N(C(=O)NOCC(C)C)S(=O)(=O)c1cccs1. The number of hydrogen-bond donors (Lipinski definition) is 1. The number of aromatic nitrogens is 2. The number of carbonyl (C=O) groups excluding carboxylic acids is 1. The van der Waals surface area contributed by atoms with Gasteiger partial charge < -0.3 is 4.74 Å². The normalized spacial score (nSPS) is 11.4. The molecule has 0 unspecified atom stereocenters. The number of rotatable bonds is 7. The van der Waals surface area contributed by atoms with Crippen molar-refractivity contribution in [1.29, 1.82) is 0 Å². The highest BCUT2D eigenvalue weighted by Gasteiger charge is 2.36. The molecule has 0 aliphatic carbocycles. The molecule has 2 aromatic rings. The number of anilines is 1. The first-order valence-electron chi connectivity index (χ1n) is 7.65. The zero-order valence-corrected chi connectivity index (χ0v) is 16.4. The number of hydrogen-bond acceptors (Lipinski definition) is 8. The molecule has 2 heterocycles. The van der Waals surface area contributed by atoms with E-state index in [1.54, 1.807) is 18.4 Å². The van der Waals surface area contributed by atoms with E-state index in [2.05, 4.69) is 15.4 Å². The Bertz CT molecular complexity index is 853. The van der Waals surface area contributed by atoms with E-state index >= 15 is 0 Å². The highest BCUT2D eigenvalue weighted by Crippen LogP contribution is 2.30. The van der Waals surface area contributed by atoms with E-state index in [9.17, 15) is 13.2 Å². The fourth-order valence-corrected chi connectivity index (χ4v) is 4.22. The summed E-state index contributed by atoms with van der Waals surface area (Å²) in [6.45, 7) is 5.67. The van der Waals surface area contributed by atoms with Gasteiger partial charge in [-0.25, -0.2) is 20.2 Å². The second-order valence-electron chi connectivity index (χ2n) is 5.66. The number of carbonyl (C=O) groups is 1. The maximum absolute atomic E-state index is 13.0. The summed E-state index contributed by atoms with van der Waals surface area (Å²) in [4.78, 5) is 25.8. The fraction of sp³-hybridized carbons (Fsp3) is 0.400. The predicted octanol–water partition coefficient (Wildman–Crippen LogP) is 2.35. The highest BCUT2D eigenvalue weighted by atomic mass is 32.2. The lowest BCUT2D eigenvalue weighted by Gasteiger charge is -2.22. The maximum atomic E-state index is 13.0. The van der Waals surface area contributed by atoms with Crippen LogP contribution in [0.25, 0.3) is 0 Å². The molecule has 26 heavy (non-hydrogen) atoms. The van der Waals surface area contributed by atoms with Crippen molar-refractivity contribution in [2.75, 3.05) is 18.0 Å². The number of ether oxygens (including phenoxy) is 1. The lowest BCUT2D eigenvalue weighted by molar-refractivity contribution is 0.0471. The zero-order chi connectivity index (χ0) is 19.3. The summed E-state index contributed by atoms with van der Waals surface area (Å²) >= 11 is 0.976. The van der Waals surface area contributed by atoms with Crippen LogP contribution in [0, 0.1) is 12.8 Å². The third-order valence-electron chi connectivity index (χ3n) is 2.98. The van der Waals surface area contributed by atoms with E-state index in [-0.39, 0.29) is 28.4 Å². The molecule has 2 aromatic heterocycles. The molecule has 0 bridgehead atoms. The summed E-state index contributed by atoms with van der Waals surface area (Å²) in [6.07, 6.45) is 1.34. The second kappa shape index (κ2) is 8.43. The van der Waals surface area contributed by atoms with Crippen LogP contribution in [0.5, 0.6) is 5.88 Å². The van der Waals surface area contributed by atoms with E-state index in [4.69, 9.17) is 9.57 Å². The average molecular weight is 400 g/mol. The van der Waals surface area contributed by atoms with Crippen molar-refractivity contribution in [3.8, 4) is 5.88 Å². The van der Waals surface area contributed by atoms with E-state index in [1.165, 1.54) is 19.4 Å². The van der Waals surface area contributed by atoms with E-state index in [0.29, 0.717) is 10.00 Å². The Kier molecular flexibility index (Phi) is 6.51. The van der Waals surface area contributed by atoms with Crippen LogP contribution < -0.4 is 14.5 Å². The van der Waals surface area contributed by atoms with Crippen molar-refractivity contribution >= 4 is 33.2 Å². The monoisotopic (exact) mass is 400 g/mol. The molecule has 0 atom stereocenters. The van der Waals surface area contributed by atoms with Gasteiger partial charge in [-0.15, -0.1) is 11.3 Å². The Morgan fingerprint density at radius 1 is 1.42 bits per heavy atom. The number of methoxy groups -OCH3 is 1. The number of amides is 2. The lowest BCUT2D eigenvalue weighted by atomic mass is 10.2. The molecule has 0 radical (unpaired) electrons. The molecule has 0 aliphatic rings. The molecule has 2 rings (SSSR count). The molecule has 0 saturated heterocycles. The van der Waals surface area contributed by atoms with Crippen LogP contribution >= 0.6 is 11.3 Å². The van der Waals surface area contributed by atoms with Crippen molar-refractivity contribution in [3.63, 3.8) is 0 Å². The van der Waals surface area contributed by atoms with Crippen LogP contribution in [-0.4, -0.2) is 38.1 Å². The quantitative estimate of drug-likeness (QED) is 0.710. The van der Waals surface area contributed by atoms with Gasteiger partial charge in [0, 0.05) is 0 Å². The van der Waals surface area contributed by atoms with Gasteiger partial charge in [0.25, 0.3) is 15.9 Å². The molecule has 0 spiro atoms. The Hall–Kier alpha value is -2.24. The van der Waals surface area contributed by atoms with Crippen LogP contribution in [0.1, 0.15) is 19.5 Å². The van der Waals surface area contributed by atoms with E-state index in [1.807, 2.05) is 13.8 Å². The number of thiophene rings is 1. The molecule has 142 valence electrons. The van der Waals surface area contributed by atoms with E-state index < -0.39 is 16.1 Å². The van der Waals surface area contributed by atoms with Crippen molar-refractivity contribution in [2.45, 2.75) is 25.0 Å². The van der Waals surface area contributed by atoms with E-state index in [0.717, 1.165) is 11.3 Å². The number of sulfonamides is 1. The fourth-order valence-electron chi connectivity index (χ4n) is 1.86. The average Bonchev–Trinajstić information content (AvgIpc) is 3.11. The molecule has 1 N–H and O–H groups in total. The van der Waals surface area contributed by atoms with Crippen LogP contribution in [0.15, 0.2) is 27.9 Å². The molecule has 11 heteroatoms. The van der Waals surface area contributed by atoms with Gasteiger partial charge in [0.05, 0.1) is 25.6 Å². The van der Waals surface area contributed by atoms with Gasteiger partial charge in [-0.3, -0.25) is 4.84 Å². The molecule has 2 amide bonds. The third-order valence-corrected chi connectivity index (χ3v) is 6.03. The van der Waals surface area contributed by atoms with Gasteiger partial charge in [0.2, 0.25) is 5.82 Å². The Labute approximate surface area is 156 Å². The van der Waals surface area contributed by atoms with Crippen molar-refractivity contribution in [1.82, 2.24) is 15.4 Å². The molecule has 9 nitrogen and oxygen atoms in total. The molecule has 0 aromatic carbocycles. The summed E-state index contributed by atoms with van der Waals surface area (Å²) in [5, 5.41) is 1.59. The van der Waals surface area contributed by atoms with Crippen molar-refractivity contribution in [2.24, 2.45) is 5.92 Å². The number of nitrogens with one attached hydrogen (secondary N) is 1. The molecular formula is C15H20N4O5S2. The molecule has 0 aliphatic heterocycles. The number of nitrogens with zero attached hydrogens (tertiary/aromatic N) is 3. The predicted molar refractivity (Wildman–Crippen MR) is 96.6 cm³/mol. The summed E-state index contributed by atoms with van der Waals surface area (Å²) in [6, 6.07) is 1.94. The smallest absolute Gasteiger partial charge is 0.361 e. The van der Waals surface area contributed by atoms with Crippen molar-refractivity contribution < 1.29 is 22.8 Å². The summed E-state index contributed by atoms with van der Waals surface area (Å²) in [5.41, 5.74) is 2.65. The van der Waals surface area contributed by atoms with Gasteiger partial charge in [-0.2, -0.15) is 12.7 Å².